The van der Waals surface area contributed by atoms with Crippen LogP contribution in [0, 0.1) is 6.92 Å². The van der Waals surface area contributed by atoms with Gasteiger partial charge in [0.25, 0.3) is 5.91 Å². The van der Waals surface area contributed by atoms with E-state index in [1.807, 2.05) is 19.1 Å². The first-order valence-electron chi connectivity index (χ1n) is 8.13. The van der Waals surface area contributed by atoms with Crippen molar-refractivity contribution in [3.8, 4) is 0 Å². The number of carbonyl (C=O) groups is 1. The maximum atomic E-state index is 12.8. The third-order valence-corrected chi connectivity index (χ3v) is 6.33. The lowest BCUT2D eigenvalue weighted by atomic mass is 10.1. The summed E-state index contributed by atoms with van der Waals surface area (Å²) in [5.74, 6) is -0.354. The molecule has 0 spiro atoms. The van der Waals surface area contributed by atoms with Crippen LogP contribution in [-0.2, 0) is 14.8 Å². The fourth-order valence-corrected chi connectivity index (χ4v) is 4.20. The molecule has 6 nitrogen and oxygen atoms in total. The van der Waals surface area contributed by atoms with Crippen LogP contribution in [-0.4, -0.2) is 44.9 Å². The van der Waals surface area contributed by atoms with Crippen LogP contribution in [0.5, 0.6) is 0 Å². The molecule has 0 aliphatic carbocycles. The van der Waals surface area contributed by atoms with Crippen molar-refractivity contribution in [3.05, 3.63) is 58.6 Å². The maximum Gasteiger partial charge on any atom is 0.255 e. The highest BCUT2D eigenvalue weighted by Gasteiger charge is 2.27. The summed E-state index contributed by atoms with van der Waals surface area (Å²) in [7, 11) is -3.66. The van der Waals surface area contributed by atoms with Gasteiger partial charge in [0, 0.05) is 18.7 Å². The normalized spacial score (nSPS) is 15.6. The Balaban J connectivity index is 1.85. The summed E-state index contributed by atoms with van der Waals surface area (Å²) >= 11 is 6.15. The molecule has 1 N–H and O–H groups in total. The van der Waals surface area contributed by atoms with Crippen molar-refractivity contribution < 1.29 is 17.9 Å². The molecule has 138 valence electrons. The highest BCUT2D eigenvalue weighted by atomic mass is 35.5. The van der Waals surface area contributed by atoms with Gasteiger partial charge < -0.3 is 10.1 Å². The largest absolute Gasteiger partial charge is 0.379 e. The lowest BCUT2D eigenvalue weighted by molar-refractivity contribution is 0.0730. The summed E-state index contributed by atoms with van der Waals surface area (Å²) in [5.41, 5.74) is 1.76. The van der Waals surface area contributed by atoms with Crippen molar-refractivity contribution >= 4 is 33.2 Å². The molecule has 1 fully saturated rings. The smallest absolute Gasteiger partial charge is 0.255 e. The zero-order valence-corrected chi connectivity index (χ0v) is 15.8. The Morgan fingerprint density at radius 3 is 2.42 bits per heavy atom. The van der Waals surface area contributed by atoms with Crippen molar-refractivity contribution in [2.75, 3.05) is 31.6 Å². The molecule has 1 aliphatic rings. The van der Waals surface area contributed by atoms with Crippen LogP contribution in [0.3, 0.4) is 0 Å². The fraction of sp³-hybridized carbons (Fsp3) is 0.278. The minimum Gasteiger partial charge on any atom is -0.379 e. The topological polar surface area (TPSA) is 75.7 Å². The number of amides is 1. The highest BCUT2D eigenvalue weighted by Crippen LogP contribution is 2.27. The first-order valence-corrected chi connectivity index (χ1v) is 9.95. The molecule has 0 atom stereocenters. The average molecular weight is 395 g/mol. The van der Waals surface area contributed by atoms with Gasteiger partial charge in [-0.15, -0.1) is 0 Å². The van der Waals surface area contributed by atoms with E-state index in [0.29, 0.717) is 31.9 Å². The minimum absolute atomic E-state index is 0.0861. The first-order chi connectivity index (χ1) is 12.4. The van der Waals surface area contributed by atoms with Crippen LogP contribution in [0.25, 0.3) is 0 Å². The predicted molar refractivity (Wildman–Crippen MR) is 100 cm³/mol. The second-order valence-electron chi connectivity index (χ2n) is 5.98. The monoisotopic (exact) mass is 394 g/mol. The second kappa shape index (κ2) is 7.75. The van der Waals surface area contributed by atoms with Crippen LogP contribution in [0.4, 0.5) is 5.69 Å². The standard InChI is InChI=1S/C18H19ClN2O4S/c1-13-2-4-14(5-3-13)18(22)20-17-12-15(6-7-16(17)19)26(23,24)21-8-10-25-11-9-21/h2-7,12H,8-11H2,1H3,(H,20,22). The molecule has 26 heavy (non-hydrogen) atoms. The Morgan fingerprint density at radius 2 is 1.77 bits per heavy atom. The molecule has 0 unspecified atom stereocenters. The summed E-state index contributed by atoms with van der Waals surface area (Å²) in [6, 6.07) is 11.4. The number of aryl methyl sites for hydroxylation is 1. The zero-order chi connectivity index (χ0) is 18.7. The fourth-order valence-electron chi connectivity index (χ4n) is 2.60. The van der Waals surface area contributed by atoms with Crippen molar-refractivity contribution in [2.24, 2.45) is 0 Å². The van der Waals surface area contributed by atoms with Crippen LogP contribution >= 0.6 is 11.6 Å². The molecular formula is C18H19ClN2O4S. The average Bonchev–Trinajstić information content (AvgIpc) is 2.64. The van der Waals surface area contributed by atoms with E-state index in [9.17, 15) is 13.2 Å². The van der Waals surface area contributed by atoms with Crippen molar-refractivity contribution in [2.45, 2.75) is 11.8 Å². The summed E-state index contributed by atoms with van der Waals surface area (Å²) in [6.07, 6.45) is 0. The third kappa shape index (κ3) is 4.07. The van der Waals surface area contributed by atoms with Crippen LogP contribution < -0.4 is 5.32 Å². The highest BCUT2D eigenvalue weighted by molar-refractivity contribution is 7.89. The number of benzene rings is 2. The Labute approximate surface area is 157 Å². The molecule has 1 saturated heterocycles. The number of hydrogen-bond donors (Lipinski definition) is 1. The number of morpholine rings is 1. The van der Waals surface area contributed by atoms with E-state index in [0.717, 1.165) is 5.56 Å². The van der Waals surface area contributed by atoms with Crippen LogP contribution in [0.15, 0.2) is 47.4 Å². The quantitative estimate of drug-likeness (QED) is 0.865. The molecule has 0 radical (unpaired) electrons. The number of ether oxygens (including phenoxy) is 1. The van der Waals surface area contributed by atoms with Gasteiger partial charge >= 0.3 is 0 Å². The Bertz CT molecular complexity index is 907. The van der Waals surface area contributed by atoms with Gasteiger partial charge in [0.15, 0.2) is 0 Å². The van der Waals surface area contributed by atoms with E-state index in [1.165, 1.54) is 22.5 Å². The van der Waals surface area contributed by atoms with E-state index in [-0.39, 0.29) is 21.5 Å². The van der Waals surface area contributed by atoms with Crippen molar-refractivity contribution in [3.63, 3.8) is 0 Å². The number of sulfonamides is 1. The number of halogens is 1. The van der Waals surface area contributed by atoms with Crippen LogP contribution in [0.1, 0.15) is 15.9 Å². The summed E-state index contributed by atoms with van der Waals surface area (Å²) in [6.45, 7) is 3.26. The summed E-state index contributed by atoms with van der Waals surface area (Å²) in [4.78, 5) is 12.5. The van der Waals surface area contributed by atoms with Gasteiger partial charge in [0.1, 0.15) is 0 Å². The number of carbonyl (C=O) groups excluding carboxylic acids is 1. The van der Waals surface area contributed by atoms with Crippen molar-refractivity contribution in [1.29, 1.82) is 0 Å². The molecule has 2 aromatic carbocycles. The van der Waals surface area contributed by atoms with Gasteiger partial charge in [-0.1, -0.05) is 29.3 Å². The number of hydrogen-bond acceptors (Lipinski definition) is 4. The van der Waals surface area contributed by atoms with E-state index >= 15 is 0 Å². The first kappa shape index (κ1) is 18.8. The van der Waals surface area contributed by atoms with E-state index < -0.39 is 10.0 Å². The SMILES string of the molecule is Cc1ccc(C(=O)Nc2cc(S(=O)(=O)N3CCOCC3)ccc2Cl)cc1. The predicted octanol–water partition coefficient (Wildman–Crippen LogP) is 2.92. The molecule has 1 amide bonds. The molecule has 2 aromatic rings. The molecule has 1 heterocycles. The molecule has 0 aromatic heterocycles. The molecule has 0 bridgehead atoms. The molecule has 1 aliphatic heterocycles. The van der Waals surface area contributed by atoms with Crippen molar-refractivity contribution in [1.82, 2.24) is 4.31 Å². The van der Waals surface area contributed by atoms with Crippen LogP contribution in [0.2, 0.25) is 5.02 Å². The lowest BCUT2D eigenvalue weighted by Gasteiger charge is -2.26. The summed E-state index contributed by atoms with van der Waals surface area (Å²) < 4.78 is 32.1. The maximum absolute atomic E-state index is 12.8. The van der Waals surface area contributed by atoms with Gasteiger partial charge in [0.2, 0.25) is 10.0 Å². The number of rotatable bonds is 4. The van der Waals surface area contributed by atoms with Gasteiger partial charge in [-0.05, 0) is 37.3 Å². The van der Waals surface area contributed by atoms with Gasteiger partial charge in [-0.3, -0.25) is 4.79 Å². The van der Waals surface area contributed by atoms with Gasteiger partial charge in [-0.25, -0.2) is 8.42 Å². The Morgan fingerprint density at radius 1 is 1.12 bits per heavy atom. The zero-order valence-electron chi connectivity index (χ0n) is 14.2. The molecular weight excluding hydrogens is 376 g/mol. The lowest BCUT2D eigenvalue weighted by Crippen LogP contribution is -2.40. The minimum atomic E-state index is -3.66. The molecule has 3 rings (SSSR count). The van der Waals surface area contributed by atoms with Gasteiger partial charge in [0.05, 0.1) is 28.8 Å². The van der Waals surface area contributed by atoms with E-state index in [2.05, 4.69) is 5.32 Å². The van der Waals surface area contributed by atoms with E-state index in [1.54, 1.807) is 12.1 Å². The number of anilines is 1. The van der Waals surface area contributed by atoms with E-state index in [4.69, 9.17) is 16.3 Å². The number of nitrogens with zero attached hydrogens (tertiary/aromatic N) is 1. The molecule has 8 heteroatoms. The Hall–Kier alpha value is -1.93. The second-order valence-corrected chi connectivity index (χ2v) is 8.32. The number of nitrogens with one attached hydrogen (secondary N) is 1. The summed E-state index contributed by atoms with van der Waals surface area (Å²) in [5, 5.41) is 2.95. The third-order valence-electron chi connectivity index (χ3n) is 4.11. The Kier molecular flexibility index (Phi) is 5.62. The molecule has 0 saturated carbocycles. The van der Waals surface area contributed by atoms with Gasteiger partial charge in [-0.2, -0.15) is 4.31 Å².